The zero-order valence-electron chi connectivity index (χ0n) is 14.8. The summed E-state index contributed by atoms with van der Waals surface area (Å²) >= 11 is 0. The molecule has 1 unspecified atom stereocenters. The van der Waals surface area contributed by atoms with Crippen LogP contribution in [-0.4, -0.2) is 22.3 Å². The molecule has 0 fully saturated rings. The van der Waals surface area contributed by atoms with Gasteiger partial charge in [-0.3, -0.25) is 9.69 Å². The van der Waals surface area contributed by atoms with Crippen molar-refractivity contribution >= 4 is 17.4 Å². The Morgan fingerprint density at radius 2 is 1.67 bits per heavy atom. The predicted molar refractivity (Wildman–Crippen MR) is 104 cm³/mol. The molecular weight excluding hydrogens is 340 g/mol. The van der Waals surface area contributed by atoms with Gasteiger partial charge >= 0.3 is 6.03 Å². The lowest BCUT2D eigenvalue weighted by molar-refractivity contribution is 0.243. The minimum absolute atomic E-state index is 0.0384. The lowest BCUT2D eigenvalue weighted by atomic mass is 9.92. The standard InChI is InChI=1S/C21H20N4O2/c26-20-14-15-13-16(11-12-19(15)23-24-20)22-21(27)25(17-7-3-1-4-8-17)18-9-5-2-6-10-18/h1-10,14,16H,11-13H2,(H,22,27)(H,24,26). The third kappa shape index (κ3) is 3.74. The number of aryl methyl sites for hydroxylation is 1. The molecule has 4 rings (SSSR count). The van der Waals surface area contributed by atoms with Gasteiger partial charge in [-0.1, -0.05) is 36.4 Å². The number of carbonyl (C=O) groups is 1. The number of para-hydroxylation sites is 2. The molecule has 0 spiro atoms. The molecule has 0 bridgehead atoms. The van der Waals surface area contributed by atoms with E-state index in [1.54, 1.807) is 11.0 Å². The van der Waals surface area contributed by atoms with E-state index in [4.69, 9.17) is 0 Å². The first-order valence-electron chi connectivity index (χ1n) is 8.99. The van der Waals surface area contributed by atoms with Crippen LogP contribution < -0.4 is 15.8 Å². The number of hydrogen-bond donors (Lipinski definition) is 2. The lowest BCUT2D eigenvalue weighted by Gasteiger charge is -2.29. The van der Waals surface area contributed by atoms with Gasteiger partial charge in [0.2, 0.25) is 0 Å². The maximum Gasteiger partial charge on any atom is 0.326 e. The normalized spacial score (nSPS) is 15.6. The van der Waals surface area contributed by atoms with Crippen molar-refractivity contribution in [2.24, 2.45) is 0 Å². The van der Waals surface area contributed by atoms with Gasteiger partial charge in [-0.25, -0.2) is 9.89 Å². The van der Waals surface area contributed by atoms with E-state index in [1.165, 1.54) is 0 Å². The number of carbonyl (C=O) groups excluding carboxylic acids is 1. The van der Waals surface area contributed by atoms with E-state index in [1.807, 2.05) is 60.7 Å². The highest BCUT2D eigenvalue weighted by Gasteiger charge is 2.25. The minimum Gasteiger partial charge on any atom is -0.334 e. The van der Waals surface area contributed by atoms with Crippen LogP contribution in [0.3, 0.4) is 0 Å². The first-order chi connectivity index (χ1) is 13.2. The van der Waals surface area contributed by atoms with E-state index < -0.39 is 0 Å². The van der Waals surface area contributed by atoms with Crippen LogP contribution in [0.4, 0.5) is 16.2 Å². The van der Waals surface area contributed by atoms with Crippen LogP contribution >= 0.6 is 0 Å². The highest BCUT2D eigenvalue weighted by Crippen LogP contribution is 2.26. The molecule has 1 atom stereocenters. The Morgan fingerprint density at radius 1 is 1.04 bits per heavy atom. The molecule has 27 heavy (non-hydrogen) atoms. The number of rotatable bonds is 3. The molecule has 2 aromatic carbocycles. The number of nitrogens with zero attached hydrogens (tertiary/aromatic N) is 2. The van der Waals surface area contributed by atoms with Crippen LogP contribution in [0, 0.1) is 0 Å². The van der Waals surface area contributed by atoms with Gasteiger partial charge in [0.15, 0.2) is 0 Å². The van der Waals surface area contributed by atoms with Crippen LogP contribution in [0.25, 0.3) is 0 Å². The van der Waals surface area contributed by atoms with Gasteiger partial charge in [0, 0.05) is 12.1 Å². The SMILES string of the molecule is O=C(NC1CCc2n[nH]c(=O)cc2C1)N(c1ccccc1)c1ccccc1. The van der Waals surface area contributed by atoms with Crippen LogP contribution in [0.15, 0.2) is 71.5 Å². The zero-order valence-corrected chi connectivity index (χ0v) is 14.8. The Bertz CT molecular complexity index is 946. The molecule has 2 N–H and O–H groups in total. The van der Waals surface area contributed by atoms with Gasteiger partial charge in [-0.05, 0) is 49.1 Å². The van der Waals surface area contributed by atoms with E-state index in [2.05, 4.69) is 15.5 Å². The number of aromatic nitrogens is 2. The number of benzene rings is 2. The molecule has 136 valence electrons. The van der Waals surface area contributed by atoms with Gasteiger partial charge < -0.3 is 5.32 Å². The van der Waals surface area contributed by atoms with Crippen molar-refractivity contribution < 1.29 is 4.79 Å². The fourth-order valence-electron chi connectivity index (χ4n) is 3.44. The number of H-pyrrole nitrogens is 1. The summed E-state index contributed by atoms with van der Waals surface area (Å²) in [5, 5.41) is 9.70. The number of hydrogen-bond acceptors (Lipinski definition) is 3. The summed E-state index contributed by atoms with van der Waals surface area (Å²) in [6, 6.07) is 20.5. The van der Waals surface area contributed by atoms with Crippen LogP contribution in [-0.2, 0) is 12.8 Å². The molecule has 0 aliphatic heterocycles. The molecule has 1 aliphatic carbocycles. The smallest absolute Gasteiger partial charge is 0.326 e. The lowest BCUT2D eigenvalue weighted by Crippen LogP contribution is -2.45. The summed E-state index contributed by atoms with van der Waals surface area (Å²) in [7, 11) is 0. The van der Waals surface area contributed by atoms with E-state index in [0.717, 1.165) is 35.5 Å². The second-order valence-electron chi connectivity index (χ2n) is 6.60. The van der Waals surface area contributed by atoms with Gasteiger partial charge in [-0.2, -0.15) is 5.10 Å². The number of amides is 2. The highest BCUT2D eigenvalue weighted by molar-refractivity contribution is 5.99. The molecule has 1 heterocycles. The Balaban J connectivity index is 1.57. The molecular formula is C21H20N4O2. The average Bonchev–Trinajstić information content (AvgIpc) is 2.69. The van der Waals surface area contributed by atoms with Crippen molar-refractivity contribution in [3.8, 4) is 0 Å². The quantitative estimate of drug-likeness (QED) is 0.753. The second kappa shape index (κ2) is 7.45. The number of urea groups is 1. The number of anilines is 2. The van der Waals surface area contributed by atoms with Crippen molar-refractivity contribution in [2.45, 2.75) is 25.3 Å². The highest BCUT2D eigenvalue weighted by atomic mass is 16.2. The number of aromatic amines is 1. The van der Waals surface area contributed by atoms with Gasteiger partial charge in [0.1, 0.15) is 0 Å². The third-order valence-corrected chi connectivity index (χ3v) is 4.73. The van der Waals surface area contributed by atoms with Crippen molar-refractivity contribution in [1.82, 2.24) is 15.5 Å². The summed E-state index contributed by atoms with van der Waals surface area (Å²) in [4.78, 5) is 26.3. The Kier molecular flexibility index (Phi) is 4.70. The van der Waals surface area contributed by atoms with Gasteiger partial charge in [0.05, 0.1) is 17.1 Å². The molecule has 1 aliphatic rings. The Hall–Kier alpha value is -3.41. The molecule has 0 saturated heterocycles. The molecule has 0 saturated carbocycles. The van der Waals surface area contributed by atoms with E-state index in [0.29, 0.717) is 6.42 Å². The topological polar surface area (TPSA) is 78.1 Å². The zero-order chi connectivity index (χ0) is 18.6. The second-order valence-corrected chi connectivity index (χ2v) is 6.60. The Morgan fingerprint density at radius 3 is 2.30 bits per heavy atom. The minimum atomic E-state index is -0.212. The van der Waals surface area contributed by atoms with E-state index in [-0.39, 0.29) is 17.6 Å². The molecule has 3 aromatic rings. The van der Waals surface area contributed by atoms with Crippen molar-refractivity contribution in [3.05, 3.63) is 88.3 Å². The number of nitrogens with one attached hydrogen (secondary N) is 2. The van der Waals surface area contributed by atoms with E-state index in [9.17, 15) is 9.59 Å². The molecule has 0 radical (unpaired) electrons. The monoisotopic (exact) mass is 360 g/mol. The number of fused-ring (bicyclic) bond motifs is 1. The molecule has 6 heteroatoms. The van der Waals surface area contributed by atoms with Gasteiger partial charge in [0.25, 0.3) is 5.56 Å². The fraction of sp³-hybridized carbons (Fsp3) is 0.190. The van der Waals surface area contributed by atoms with Crippen molar-refractivity contribution in [1.29, 1.82) is 0 Å². The van der Waals surface area contributed by atoms with Gasteiger partial charge in [-0.15, -0.1) is 0 Å². The third-order valence-electron chi connectivity index (χ3n) is 4.73. The fourth-order valence-corrected chi connectivity index (χ4v) is 3.44. The van der Waals surface area contributed by atoms with Crippen LogP contribution in [0.1, 0.15) is 17.7 Å². The largest absolute Gasteiger partial charge is 0.334 e. The summed E-state index contributed by atoms with van der Waals surface area (Å²) in [6.45, 7) is 0. The van der Waals surface area contributed by atoms with Crippen LogP contribution in [0.5, 0.6) is 0 Å². The predicted octanol–water partition coefficient (Wildman–Crippen LogP) is 3.18. The average molecular weight is 360 g/mol. The van der Waals surface area contributed by atoms with Crippen molar-refractivity contribution in [3.63, 3.8) is 0 Å². The molecule has 2 amide bonds. The maximum absolute atomic E-state index is 13.1. The summed E-state index contributed by atoms with van der Waals surface area (Å²) in [5.74, 6) is 0. The Labute approximate surface area is 156 Å². The summed E-state index contributed by atoms with van der Waals surface area (Å²) in [6.07, 6.45) is 2.12. The first kappa shape index (κ1) is 17.0. The first-order valence-corrected chi connectivity index (χ1v) is 8.99. The van der Waals surface area contributed by atoms with Crippen molar-refractivity contribution in [2.75, 3.05) is 4.90 Å². The van der Waals surface area contributed by atoms with Crippen LogP contribution in [0.2, 0.25) is 0 Å². The molecule has 1 aromatic heterocycles. The molecule has 6 nitrogen and oxygen atoms in total. The van der Waals surface area contributed by atoms with E-state index >= 15 is 0 Å². The maximum atomic E-state index is 13.1. The summed E-state index contributed by atoms with van der Waals surface area (Å²) < 4.78 is 0. The summed E-state index contributed by atoms with van der Waals surface area (Å²) in [5.41, 5.74) is 3.20.